The average Bonchev–Trinajstić information content (AvgIpc) is 2.39. The molecule has 2 nitrogen and oxygen atoms in total. The van der Waals surface area contributed by atoms with E-state index in [0.29, 0.717) is 5.88 Å². The summed E-state index contributed by atoms with van der Waals surface area (Å²) in [6.45, 7) is 7.47. The van der Waals surface area contributed by atoms with Crippen molar-refractivity contribution < 1.29 is 4.74 Å². The van der Waals surface area contributed by atoms with Gasteiger partial charge in [0.1, 0.15) is 0 Å². The van der Waals surface area contributed by atoms with Gasteiger partial charge in [0, 0.05) is 30.2 Å². The standard InChI is InChI=1S/C13H16ClNO/c1-11(10-14)12-4-2-3-5-13(12)15-6-8-16-9-7-15/h2-5H,1,6-10H2. The number of rotatable bonds is 3. The third kappa shape index (κ3) is 2.39. The van der Waals surface area contributed by atoms with Crippen molar-refractivity contribution in [1.82, 2.24) is 0 Å². The summed E-state index contributed by atoms with van der Waals surface area (Å²) >= 11 is 5.85. The first-order chi connectivity index (χ1) is 7.83. The van der Waals surface area contributed by atoms with Gasteiger partial charge in [0.05, 0.1) is 13.2 Å². The van der Waals surface area contributed by atoms with Crippen molar-refractivity contribution in [2.75, 3.05) is 37.1 Å². The van der Waals surface area contributed by atoms with Crippen LogP contribution < -0.4 is 4.90 Å². The van der Waals surface area contributed by atoms with Gasteiger partial charge in [0.25, 0.3) is 0 Å². The fourth-order valence-corrected chi connectivity index (χ4v) is 2.07. The molecule has 16 heavy (non-hydrogen) atoms. The van der Waals surface area contributed by atoms with E-state index in [1.165, 1.54) is 5.69 Å². The molecule has 1 fully saturated rings. The summed E-state index contributed by atoms with van der Waals surface area (Å²) in [7, 11) is 0. The maximum atomic E-state index is 5.85. The van der Waals surface area contributed by atoms with E-state index in [1.807, 2.05) is 6.07 Å². The zero-order chi connectivity index (χ0) is 11.4. The first-order valence-electron chi connectivity index (χ1n) is 5.49. The lowest BCUT2D eigenvalue weighted by Crippen LogP contribution is -2.36. The summed E-state index contributed by atoms with van der Waals surface area (Å²) in [5.41, 5.74) is 3.35. The average molecular weight is 238 g/mol. The number of nitrogens with zero attached hydrogens (tertiary/aromatic N) is 1. The lowest BCUT2D eigenvalue weighted by atomic mass is 10.1. The molecule has 0 bridgehead atoms. The van der Waals surface area contributed by atoms with Crippen LogP contribution in [0, 0.1) is 0 Å². The fourth-order valence-electron chi connectivity index (χ4n) is 1.92. The van der Waals surface area contributed by atoms with E-state index in [9.17, 15) is 0 Å². The quantitative estimate of drug-likeness (QED) is 0.750. The van der Waals surface area contributed by atoms with Gasteiger partial charge >= 0.3 is 0 Å². The molecule has 0 N–H and O–H groups in total. The molecule has 1 saturated heterocycles. The number of benzene rings is 1. The number of ether oxygens (including phenoxy) is 1. The van der Waals surface area contributed by atoms with Crippen molar-refractivity contribution in [1.29, 1.82) is 0 Å². The van der Waals surface area contributed by atoms with Crippen LogP contribution >= 0.6 is 11.6 Å². The van der Waals surface area contributed by atoms with Crippen molar-refractivity contribution in [3.8, 4) is 0 Å². The van der Waals surface area contributed by atoms with Crippen LogP contribution in [0.3, 0.4) is 0 Å². The van der Waals surface area contributed by atoms with Crippen molar-refractivity contribution in [3.05, 3.63) is 36.4 Å². The van der Waals surface area contributed by atoms with Crippen molar-refractivity contribution in [2.45, 2.75) is 0 Å². The maximum absolute atomic E-state index is 5.85. The Morgan fingerprint density at radius 2 is 2.00 bits per heavy atom. The molecule has 0 atom stereocenters. The van der Waals surface area contributed by atoms with E-state index in [2.05, 4.69) is 29.7 Å². The highest BCUT2D eigenvalue weighted by atomic mass is 35.5. The normalized spacial score (nSPS) is 16.2. The number of alkyl halides is 1. The molecule has 86 valence electrons. The summed E-state index contributed by atoms with van der Waals surface area (Å²) in [5.74, 6) is 0.474. The molecule has 0 aliphatic carbocycles. The molecule has 0 saturated carbocycles. The van der Waals surface area contributed by atoms with Crippen LogP contribution in [-0.4, -0.2) is 32.2 Å². The second-order valence-corrected chi connectivity index (χ2v) is 4.12. The molecule has 1 aromatic rings. The second-order valence-electron chi connectivity index (χ2n) is 3.85. The van der Waals surface area contributed by atoms with Gasteiger partial charge in [0.2, 0.25) is 0 Å². The molecular weight excluding hydrogens is 222 g/mol. The lowest BCUT2D eigenvalue weighted by Gasteiger charge is -2.30. The first-order valence-corrected chi connectivity index (χ1v) is 6.02. The Balaban J connectivity index is 2.28. The highest BCUT2D eigenvalue weighted by Crippen LogP contribution is 2.27. The monoisotopic (exact) mass is 237 g/mol. The van der Waals surface area contributed by atoms with Gasteiger partial charge < -0.3 is 9.64 Å². The van der Waals surface area contributed by atoms with E-state index in [1.54, 1.807) is 0 Å². The van der Waals surface area contributed by atoms with E-state index >= 15 is 0 Å². The zero-order valence-electron chi connectivity index (χ0n) is 9.29. The minimum atomic E-state index is 0.474. The lowest BCUT2D eigenvalue weighted by molar-refractivity contribution is 0.122. The van der Waals surface area contributed by atoms with Crippen molar-refractivity contribution >= 4 is 22.9 Å². The number of para-hydroxylation sites is 1. The molecule has 0 radical (unpaired) electrons. The van der Waals surface area contributed by atoms with Gasteiger partial charge in [-0.25, -0.2) is 0 Å². The molecule has 0 unspecified atom stereocenters. The van der Waals surface area contributed by atoms with Crippen LogP contribution in [0.4, 0.5) is 5.69 Å². The largest absolute Gasteiger partial charge is 0.378 e. The first kappa shape index (κ1) is 11.5. The highest BCUT2D eigenvalue weighted by Gasteiger charge is 2.15. The summed E-state index contributed by atoms with van der Waals surface area (Å²) in [6, 6.07) is 8.28. The van der Waals surface area contributed by atoms with Crippen LogP contribution in [-0.2, 0) is 4.74 Å². The predicted molar refractivity (Wildman–Crippen MR) is 69.2 cm³/mol. The Morgan fingerprint density at radius 3 is 2.69 bits per heavy atom. The van der Waals surface area contributed by atoms with E-state index in [4.69, 9.17) is 16.3 Å². The van der Waals surface area contributed by atoms with Gasteiger partial charge in [-0.3, -0.25) is 0 Å². The van der Waals surface area contributed by atoms with Crippen molar-refractivity contribution in [3.63, 3.8) is 0 Å². The summed E-state index contributed by atoms with van der Waals surface area (Å²) < 4.78 is 5.36. The Bertz CT molecular complexity index is 372. The van der Waals surface area contributed by atoms with Crippen molar-refractivity contribution in [2.24, 2.45) is 0 Å². The Labute approximate surface area is 101 Å². The van der Waals surface area contributed by atoms with E-state index in [0.717, 1.165) is 37.4 Å². The third-order valence-corrected chi connectivity index (χ3v) is 3.12. The molecule has 2 rings (SSSR count). The molecule has 0 spiro atoms. The van der Waals surface area contributed by atoms with E-state index in [-0.39, 0.29) is 0 Å². The van der Waals surface area contributed by atoms with Gasteiger partial charge in [0.15, 0.2) is 0 Å². The number of anilines is 1. The predicted octanol–water partition coefficient (Wildman–Crippen LogP) is 2.78. The van der Waals surface area contributed by atoms with Gasteiger partial charge in [-0.2, -0.15) is 0 Å². The topological polar surface area (TPSA) is 12.5 Å². The second kappa shape index (κ2) is 5.37. The fraction of sp³-hybridized carbons (Fsp3) is 0.385. The summed E-state index contributed by atoms with van der Waals surface area (Å²) in [5, 5.41) is 0. The molecule has 0 aromatic heterocycles. The third-order valence-electron chi connectivity index (χ3n) is 2.80. The van der Waals surface area contributed by atoms with Crippen LogP contribution in [0.1, 0.15) is 5.56 Å². The number of morpholine rings is 1. The summed E-state index contributed by atoms with van der Waals surface area (Å²) in [4.78, 5) is 2.33. The summed E-state index contributed by atoms with van der Waals surface area (Å²) in [6.07, 6.45) is 0. The highest BCUT2D eigenvalue weighted by molar-refractivity contribution is 6.23. The molecule has 1 aliphatic rings. The number of allylic oxidation sites excluding steroid dienone is 1. The Morgan fingerprint density at radius 1 is 1.31 bits per heavy atom. The number of hydrogen-bond acceptors (Lipinski definition) is 2. The van der Waals surface area contributed by atoms with Crippen LogP contribution in [0.2, 0.25) is 0 Å². The Hall–Kier alpha value is -0.990. The number of halogens is 1. The SMILES string of the molecule is C=C(CCl)c1ccccc1N1CCOCC1. The van der Waals surface area contributed by atoms with Gasteiger partial charge in [-0.05, 0) is 11.6 Å². The zero-order valence-corrected chi connectivity index (χ0v) is 10.0. The minimum absolute atomic E-state index is 0.474. The molecule has 0 amide bonds. The molecular formula is C13H16ClNO. The molecule has 1 aliphatic heterocycles. The van der Waals surface area contributed by atoms with Crippen LogP contribution in [0.25, 0.3) is 5.57 Å². The van der Waals surface area contributed by atoms with Crippen LogP contribution in [0.15, 0.2) is 30.8 Å². The van der Waals surface area contributed by atoms with Gasteiger partial charge in [-0.15, -0.1) is 11.6 Å². The number of hydrogen-bond donors (Lipinski definition) is 0. The Kier molecular flexibility index (Phi) is 3.86. The molecule has 1 aromatic carbocycles. The van der Waals surface area contributed by atoms with Gasteiger partial charge in [-0.1, -0.05) is 24.8 Å². The molecule has 1 heterocycles. The smallest absolute Gasteiger partial charge is 0.0642 e. The van der Waals surface area contributed by atoms with E-state index < -0.39 is 0 Å². The minimum Gasteiger partial charge on any atom is -0.378 e. The maximum Gasteiger partial charge on any atom is 0.0642 e. The van der Waals surface area contributed by atoms with Crippen LogP contribution in [0.5, 0.6) is 0 Å². The molecule has 3 heteroatoms.